The van der Waals surface area contributed by atoms with Crippen LogP contribution < -0.4 is 10.5 Å². The Labute approximate surface area is 115 Å². The van der Waals surface area contributed by atoms with Crippen molar-refractivity contribution in [3.05, 3.63) is 60.1 Å². The summed E-state index contributed by atoms with van der Waals surface area (Å²) >= 11 is 1.54. The fraction of sp³-hybridized carbons (Fsp3) is 0. The molecule has 0 atom stereocenters. The van der Waals surface area contributed by atoms with Gasteiger partial charge in [0.1, 0.15) is 16.5 Å². The van der Waals surface area contributed by atoms with E-state index in [1.807, 2.05) is 53.9 Å². The van der Waals surface area contributed by atoms with E-state index >= 15 is 0 Å². The molecule has 0 saturated heterocycles. The van der Waals surface area contributed by atoms with E-state index in [9.17, 15) is 0 Å². The predicted octanol–water partition coefficient (Wildman–Crippen LogP) is 4.18. The third-order valence-electron chi connectivity index (χ3n) is 2.68. The van der Waals surface area contributed by atoms with E-state index in [4.69, 9.17) is 10.5 Å². The molecule has 19 heavy (non-hydrogen) atoms. The van der Waals surface area contributed by atoms with E-state index in [2.05, 4.69) is 4.98 Å². The van der Waals surface area contributed by atoms with Gasteiger partial charge in [-0.05, 0) is 24.3 Å². The maximum absolute atomic E-state index is 6.05. The molecule has 3 aromatic rings. The van der Waals surface area contributed by atoms with Crippen LogP contribution in [0.3, 0.4) is 0 Å². The van der Waals surface area contributed by atoms with Crippen molar-refractivity contribution in [1.82, 2.24) is 4.98 Å². The highest BCUT2D eigenvalue weighted by molar-refractivity contribution is 7.13. The Morgan fingerprint density at radius 3 is 2.58 bits per heavy atom. The average Bonchev–Trinajstić information content (AvgIpc) is 2.94. The summed E-state index contributed by atoms with van der Waals surface area (Å²) in [4.78, 5) is 4.31. The first-order valence-electron chi connectivity index (χ1n) is 5.86. The smallest absolute Gasteiger partial charge is 0.139 e. The number of nitrogens with two attached hydrogens (primary N) is 1. The van der Waals surface area contributed by atoms with Crippen LogP contribution in [0.15, 0.2) is 60.1 Å². The fourth-order valence-electron chi connectivity index (χ4n) is 1.82. The summed E-state index contributed by atoms with van der Waals surface area (Å²) in [5, 5.41) is 2.79. The molecule has 0 aliphatic carbocycles. The number of hydrogen-bond donors (Lipinski definition) is 1. The highest BCUT2D eigenvalue weighted by Gasteiger charge is 2.12. The van der Waals surface area contributed by atoms with Crippen molar-refractivity contribution in [2.24, 2.45) is 0 Å². The Balaban J connectivity index is 2.05. The molecule has 1 heterocycles. The molecule has 3 nitrogen and oxygen atoms in total. The van der Waals surface area contributed by atoms with Crippen molar-refractivity contribution in [2.75, 3.05) is 5.73 Å². The summed E-state index contributed by atoms with van der Waals surface area (Å²) in [6.07, 6.45) is 1.76. The first-order valence-corrected chi connectivity index (χ1v) is 6.74. The zero-order valence-corrected chi connectivity index (χ0v) is 10.9. The van der Waals surface area contributed by atoms with Gasteiger partial charge >= 0.3 is 0 Å². The lowest BCUT2D eigenvalue weighted by Crippen LogP contribution is -1.93. The summed E-state index contributed by atoms with van der Waals surface area (Å²) in [5.74, 6) is 1.51. The van der Waals surface area contributed by atoms with Crippen LogP contribution in [-0.4, -0.2) is 4.98 Å². The molecule has 0 fully saturated rings. The molecule has 0 saturated carbocycles. The van der Waals surface area contributed by atoms with Crippen LogP contribution in [0.5, 0.6) is 11.5 Å². The van der Waals surface area contributed by atoms with Crippen LogP contribution >= 0.6 is 11.3 Å². The predicted molar refractivity (Wildman–Crippen MR) is 78.5 cm³/mol. The molecular weight excluding hydrogens is 256 g/mol. The van der Waals surface area contributed by atoms with E-state index in [1.54, 1.807) is 17.5 Å². The van der Waals surface area contributed by atoms with E-state index in [0.717, 1.165) is 22.1 Å². The van der Waals surface area contributed by atoms with Gasteiger partial charge < -0.3 is 10.5 Å². The highest BCUT2D eigenvalue weighted by Crippen LogP contribution is 2.38. The number of para-hydroxylation sites is 1. The van der Waals surface area contributed by atoms with Crippen LogP contribution in [0, 0.1) is 0 Å². The van der Waals surface area contributed by atoms with Gasteiger partial charge in [-0.15, -0.1) is 11.3 Å². The topological polar surface area (TPSA) is 48.1 Å². The molecule has 0 spiro atoms. The highest BCUT2D eigenvalue weighted by atomic mass is 32.1. The van der Waals surface area contributed by atoms with Crippen molar-refractivity contribution in [3.63, 3.8) is 0 Å². The monoisotopic (exact) mass is 268 g/mol. The van der Waals surface area contributed by atoms with Gasteiger partial charge in [-0.25, -0.2) is 4.98 Å². The zero-order valence-electron chi connectivity index (χ0n) is 10.1. The number of anilines is 1. The second-order valence-electron chi connectivity index (χ2n) is 3.97. The van der Waals surface area contributed by atoms with Gasteiger partial charge in [0.15, 0.2) is 0 Å². The zero-order chi connectivity index (χ0) is 13.1. The lowest BCUT2D eigenvalue weighted by molar-refractivity contribution is 0.485. The van der Waals surface area contributed by atoms with Crippen LogP contribution in [0.2, 0.25) is 0 Å². The van der Waals surface area contributed by atoms with Crippen molar-refractivity contribution < 1.29 is 4.74 Å². The lowest BCUT2D eigenvalue weighted by atomic mass is 10.1. The normalized spacial score (nSPS) is 10.3. The van der Waals surface area contributed by atoms with Gasteiger partial charge in [0.25, 0.3) is 0 Å². The number of rotatable bonds is 3. The summed E-state index contributed by atoms with van der Waals surface area (Å²) in [6.45, 7) is 0. The standard InChI is InChI=1S/C15H12N2OS/c16-12-7-4-8-13(14(12)15-17-9-10-19-15)18-11-5-2-1-3-6-11/h1-10H,16H2. The third kappa shape index (κ3) is 2.44. The minimum Gasteiger partial charge on any atom is -0.457 e. The molecule has 4 heteroatoms. The molecule has 0 radical (unpaired) electrons. The number of nitrogen functional groups attached to an aromatic ring is 1. The minimum absolute atomic E-state index is 0.670. The Hall–Kier alpha value is -2.33. The number of nitrogens with zero attached hydrogens (tertiary/aromatic N) is 1. The summed E-state index contributed by atoms with van der Waals surface area (Å²) in [7, 11) is 0. The molecule has 0 unspecified atom stereocenters. The van der Waals surface area contributed by atoms with E-state index in [1.165, 1.54) is 0 Å². The van der Waals surface area contributed by atoms with Crippen molar-refractivity contribution in [1.29, 1.82) is 0 Å². The molecule has 0 aliphatic heterocycles. The van der Waals surface area contributed by atoms with Crippen molar-refractivity contribution >= 4 is 17.0 Å². The number of thiazole rings is 1. The second-order valence-corrected chi connectivity index (χ2v) is 4.87. The number of aromatic nitrogens is 1. The van der Waals surface area contributed by atoms with Crippen LogP contribution in [0.25, 0.3) is 10.6 Å². The molecule has 94 valence electrons. The van der Waals surface area contributed by atoms with E-state index in [0.29, 0.717) is 5.69 Å². The third-order valence-corrected chi connectivity index (χ3v) is 3.47. The van der Waals surface area contributed by atoms with Gasteiger partial charge in [-0.3, -0.25) is 0 Å². The quantitative estimate of drug-likeness (QED) is 0.725. The first kappa shape index (κ1) is 11.7. The summed E-state index contributed by atoms with van der Waals surface area (Å²) in [5.41, 5.74) is 7.57. The molecule has 0 aliphatic rings. The van der Waals surface area contributed by atoms with E-state index in [-0.39, 0.29) is 0 Å². The molecule has 2 N–H and O–H groups in total. The van der Waals surface area contributed by atoms with Crippen LogP contribution in [0.4, 0.5) is 5.69 Å². The van der Waals surface area contributed by atoms with Gasteiger partial charge in [0.2, 0.25) is 0 Å². The number of benzene rings is 2. The molecule has 0 amide bonds. The molecule has 0 bridgehead atoms. The molecule has 3 rings (SSSR count). The second kappa shape index (κ2) is 5.12. The minimum atomic E-state index is 0.670. The maximum Gasteiger partial charge on any atom is 0.139 e. The fourth-order valence-corrected chi connectivity index (χ4v) is 2.53. The van der Waals surface area contributed by atoms with Gasteiger partial charge in [-0.2, -0.15) is 0 Å². The Bertz CT molecular complexity index is 666. The molecule has 1 aromatic heterocycles. The Morgan fingerprint density at radius 1 is 1.00 bits per heavy atom. The lowest BCUT2D eigenvalue weighted by Gasteiger charge is -2.11. The summed E-state index contributed by atoms with van der Waals surface area (Å²) < 4.78 is 5.90. The first-order chi connectivity index (χ1) is 9.34. The average molecular weight is 268 g/mol. The van der Waals surface area contributed by atoms with Gasteiger partial charge in [-0.1, -0.05) is 24.3 Å². The maximum atomic E-state index is 6.05. The van der Waals surface area contributed by atoms with Gasteiger partial charge in [0, 0.05) is 17.3 Å². The molecular formula is C15H12N2OS. The SMILES string of the molecule is Nc1cccc(Oc2ccccc2)c1-c1nccs1. The van der Waals surface area contributed by atoms with Crippen LogP contribution in [-0.2, 0) is 0 Å². The number of ether oxygens (including phenoxy) is 1. The van der Waals surface area contributed by atoms with Crippen molar-refractivity contribution in [2.45, 2.75) is 0 Å². The molecule has 2 aromatic carbocycles. The largest absolute Gasteiger partial charge is 0.457 e. The number of hydrogen-bond acceptors (Lipinski definition) is 4. The van der Waals surface area contributed by atoms with Gasteiger partial charge in [0.05, 0.1) is 5.56 Å². The van der Waals surface area contributed by atoms with Crippen LogP contribution in [0.1, 0.15) is 0 Å². The summed E-state index contributed by atoms with van der Waals surface area (Å²) in [6, 6.07) is 15.3. The van der Waals surface area contributed by atoms with Crippen molar-refractivity contribution in [3.8, 4) is 22.1 Å². The van der Waals surface area contributed by atoms with E-state index < -0.39 is 0 Å². The Morgan fingerprint density at radius 2 is 1.84 bits per heavy atom. The Kier molecular flexibility index (Phi) is 3.16.